The van der Waals surface area contributed by atoms with E-state index in [1.54, 1.807) is 17.3 Å². The topological polar surface area (TPSA) is 77.2 Å². The number of nitrogens with zero attached hydrogens (tertiary/aromatic N) is 5. The first-order valence-corrected chi connectivity index (χ1v) is 11.1. The van der Waals surface area contributed by atoms with Crippen LogP contribution in [-0.2, 0) is 0 Å². The Kier molecular flexibility index (Phi) is 5.89. The fraction of sp³-hybridized carbons (Fsp3) is 0.571. The highest BCUT2D eigenvalue weighted by molar-refractivity contribution is 7.92. The number of rotatable bonds is 3. The van der Waals surface area contributed by atoms with E-state index in [-0.39, 0.29) is 23.8 Å². The van der Waals surface area contributed by atoms with Crippen molar-refractivity contribution in [2.24, 2.45) is 0 Å². The van der Waals surface area contributed by atoms with Crippen LogP contribution < -0.4 is 10.2 Å². The van der Waals surface area contributed by atoms with E-state index >= 15 is 0 Å². The zero-order valence-corrected chi connectivity index (χ0v) is 18.2. The van der Waals surface area contributed by atoms with Gasteiger partial charge in [-0.25, -0.2) is 8.96 Å². The average molecular weight is 431 g/mol. The largest absolute Gasteiger partial charge is 0.349 e. The Bertz CT molecular complexity index is 976. The van der Waals surface area contributed by atoms with Gasteiger partial charge < -0.3 is 15.1 Å². The van der Waals surface area contributed by atoms with E-state index in [9.17, 15) is 8.68 Å². The van der Waals surface area contributed by atoms with Crippen LogP contribution in [0.2, 0.25) is 0 Å². The summed E-state index contributed by atoms with van der Waals surface area (Å²) in [6.07, 6.45) is 11.3. The lowest BCUT2D eigenvalue weighted by Crippen LogP contribution is -2.50. The number of carbonyl (C=O) groups excluding carboxylic acids is 1. The fourth-order valence-corrected chi connectivity index (χ4v) is 4.69. The molecule has 0 radical (unpaired) electrons. The summed E-state index contributed by atoms with van der Waals surface area (Å²) in [4.78, 5) is 20.9. The van der Waals surface area contributed by atoms with Crippen LogP contribution in [0.25, 0.3) is 11.0 Å². The molecule has 7 nitrogen and oxygen atoms in total. The predicted octanol–water partition coefficient (Wildman–Crippen LogP) is 3.86. The van der Waals surface area contributed by atoms with Crippen LogP contribution in [0.5, 0.6) is 0 Å². The number of carbonyl (C=O) groups is 1. The van der Waals surface area contributed by atoms with Gasteiger partial charge in [0.1, 0.15) is 5.54 Å². The van der Waals surface area contributed by atoms with Crippen LogP contribution in [0.3, 0.4) is 0 Å². The van der Waals surface area contributed by atoms with Gasteiger partial charge in [0.25, 0.3) is 5.91 Å². The Labute approximate surface area is 180 Å². The van der Waals surface area contributed by atoms with Gasteiger partial charge in [-0.05, 0) is 38.8 Å². The van der Waals surface area contributed by atoms with E-state index in [2.05, 4.69) is 21.3 Å². The number of halogens is 1. The van der Waals surface area contributed by atoms with Crippen molar-refractivity contribution in [2.45, 2.75) is 56.5 Å². The van der Waals surface area contributed by atoms with Gasteiger partial charge in [0.2, 0.25) is 0 Å². The number of amides is 1. The zero-order valence-electron chi connectivity index (χ0n) is 17.4. The molecule has 0 unspecified atom stereocenters. The molecule has 3 aliphatic rings. The van der Waals surface area contributed by atoms with Crippen molar-refractivity contribution < 1.29 is 8.68 Å². The first-order valence-electron chi connectivity index (χ1n) is 10.4. The normalized spacial score (nSPS) is 20.4. The van der Waals surface area contributed by atoms with Crippen molar-refractivity contribution in [3.8, 4) is 6.07 Å². The smallest absolute Gasteiger partial charge is 0.258 e. The number of pyridine rings is 1. The first-order chi connectivity index (χ1) is 14.5. The third-order valence-electron chi connectivity index (χ3n) is 6.41. The van der Waals surface area contributed by atoms with Gasteiger partial charge in [0.05, 0.1) is 24.0 Å². The van der Waals surface area contributed by atoms with E-state index in [1.165, 1.54) is 23.2 Å². The molecule has 160 valence electrons. The van der Waals surface area contributed by atoms with Crippen molar-refractivity contribution in [1.29, 1.82) is 5.26 Å². The predicted molar refractivity (Wildman–Crippen MR) is 117 cm³/mol. The molecular weight excluding hydrogens is 403 g/mol. The number of hydrogen-bond donors (Lipinski definition) is 1. The Morgan fingerprint density at radius 1 is 1.33 bits per heavy atom. The summed E-state index contributed by atoms with van der Waals surface area (Å²) >= 11 is 0.134. The van der Waals surface area contributed by atoms with Gasteiger partial charge in [-0.1, -0.05) is 19.3 Å². The standard InChI is InChI=1S/C16H19FN4OS.C5H8N2/c1-19-10-20(11-5-3-2-4-6-11)14-12-7-8-21(23-17)15(12)18-9-13(14)16(19)22;1-7-5(4-6)2-3-5/h7-9,11H,2-6,10H2,1H3;7H,2-3H2,1H3. The first kappa shape index (κ1) is 20.9. The maximum atomic E-state index is 13.1. The highest BCUT2D eigenvalue weighted by Gasteiger charge is 2.41. The third-order valence-corrected chi connectivity index (χ3v) is 6.86. The molecule has 1 aliphatic heterocycles. The SMILES string of the molecule is CN1CN(C2CCCCC2)c2c(cnc3c2ccn3SF)C1=O.CNC1(C#N)CC1. The Balaban J connectivity index is 0.000000265. The van der Waals surface area contributed by atoms with Crippen LogP contribution in [0.1, 0.15) is 55.3 Å². The molecule has 0 bridgehead atoms. The van der Waals surface area contributed by atoms with Crippen molar-refractivity contribution in [2.75, 3.05) is 25.7 Å². The molecule has 0 saturated heterocycles. The summed E-state index contributed by atoms with van der Waals surface area (Å²) in [5, 5.41) is 12.1. The zero-order chi connectivity index (χ0) is 21.3. The molecule has 9 heteroatoms. The van der Waals surface area contributed by atoms with E-state index in [0.29, 0.717) is 23.9 Å². The van der Waals surface area contributed by atoms with E-state index in [0.717, 1.165) is 36.8 Å². The second kappa shape index (κ2) is 8.44. The van der Waals surface area contributed by atoms with Crippen molar-refractivity contribution in [1.82, 2.24) is 19.2 Å². The molecular formula is C21H27FN6OS. The minimum absolute atomic E-state index is 0.0119. The summed E-state index contributed by atoms with van der Waals surface area (Å²) < 4.78 is 14.5. The third kappa shape index (κ3) is 3.74. The van der Waals surface area contributed by atoms with Crippen LogP contribution >= 0.6 is 12.3 Å². The van der Waals surface area contributed by atoms with Gasteiger partial charge >= 0.3 is 0 Å². The van der Waals surface area contributed by atoms with Gasteiger partial charge in [-0.2, -0.15) is 5.26 Å². The number of nitrogens with one attached hydrogen (secondary N) is 1. The molecule has 3 heterocycles. The summed E-state index contributed by atoms with van der Waals surface area (Å²) in [5.74, 6) is -0.0119. The Morgan fingerprint density at radius 2 is 2.07 bits per heavy atom. The molecule has 30 heavy (non-hydrogen) atoms. The van der Waals surface area contributed by atoms with E-state index in [1.807, 2.05) is 20.2 Å². The van der Waals surface area contributed by atoms with E-state index < -0.39 is 0 Å². The minimum atomic E-state index is -0.111. The molecule has 0 atom stereocenters. The highest BCUT2D eigenvalue weighted by atomic mass is 32.2. The fourth-order valence-electron chi connectivity index (χ4n) is 4.37. The molecule has 2 aliphatic carbocycles. The summed E-state index contributed by atoms with van der Waals surface area (Å²) in [5.41, 5.74) is 2.02. The maximum Gasteiger partial charge on any atom is 0.258 e. The molecule has 1 amide bonds. The quantitative estimate of drug-likeness (QED) is 0.797. The second-order valence-corrected chi connectivity index (χ2v) is 8.85. The van der Waals surface area contributed by atoms with Gasteiger partial charge in [0.15, 0.2) is 18.0 Å². The maximum absolute atomic E-state index is 13.1. The van der Waals surface area contributed by atoms with Crippen molar-refractivity contribution in [3.63, 3.8) is 0 Å². The lowest BCUT2D eigenvalue weighted by atomic mass is 9.92. The van der Waals surface area contributed by atoms with Crippen molar-refractivity contribution >= 4 is 35.0 Å². The number of anilines is 1. The molecule has 2 aromatic heterocycles. The van der Waals surface area contributed by atoms with Gasteiger partial charge in [-0.15, -0.1) is 3.89 Å². The number of aromatic nitrogens is 2. The van der Waals surface area contributed by atoms with Gasteiger partial charge in [-0.3, -0.25) is 4.79 Å². The number of hydrogen-bond acceptors (Lipinski definition) is 6. The highest BCUT2D eigenvalue weighted by Crippen LogP contribution is 2.39. The summed E-state index contributed by atoms with van der Waals surface area (Å²) in [6.45, 7) is 0.587. The molecule has 5 rings (SSSR count). The Hall–Kier alpha value is -2.31. The lowest BCUT2D eigenvalue weighted by Gasteiger charge is -2.42. The monoisotopic (exact) mass is 430 g/mol. The Morgan fingerprint density at radius 3 is 2.63 bits per heavy atom. The molecule has 2 fully saturated rings. The molecule has 2 saturated carbocycles. The molecule has 0 spiro atoms. The minimum Gasteiger partial charge on any atom is -0.349 e. The van der Waals surface area contributed by atoms with Crippen LogP contribution in [-0.4, -0.2) is 52.1 Å². The van der Waals surface area contributed by atoms with Crippen LogP contribution in [0.4, 0.5) is 9.57 Å². The molecule has 2 aromatic rings. The number of fused-ring (bicyclic) bond motifs is 3. The summed E-state index contributed by atoms with van der Waals surface area (Å²) in [7, 11) is 3.66. The van der Waals surface area contributed by atoms with Crippen molar-refractivity contribution in [3.05, 3.63) is 24.0 Å². The van der Waals surface area contributed by atoms with E-state index in [4.69, 9.17) is 5.26 Å². The van der Waals surface area contributed by atoms with Crippen LogP contribution in [0.15, 0.2) is 18.5 Å². The average Bonchev–Trinajstić information content (AvgIpc) is 3.47. The van der Waals surface area contributed by atoms with Gasteiger partial charge in [0, 0.05) is 30.9 Å². The number of nitriles is 1. The van der Waals surface area contributed by atoms with Crippen LogP contribution in [0, 0.1) is 11.3 Å². The summed E-state index contributed by atoms with van der Waals surface area (Å²) in [6, 6.07) is 4.49. The second-order valence-electron chi connectivity index (χ2n) is 8.32. The lowest BCUT2D eigenvalue weighted by molar-refractivity contribution is 0.0775. The molecule has 1 N–H and O–H groups in total. The molecule has 0 aromatic carbocycles.